The Morgan fingerprint density at radius 3 is 2.67 bits per heavy atom. The predicted molar refractivity (Wildman–Crippen MR) is 91.6 cm³/mol. The lowest BCUT2D eigenvalue weighted by Gasteiger charge is -2.33. The molecule has 4 rings (SSSR count). The number of hydrogen-bond donors (Lipinski definition) is 1. The summed E-state index contributed by atoms with van der Waals surface area (Å²) in [5, 5.41) is 3.52. The van der Waals surface area contributed by atoms with Gasteiger partial charge in [0.2, 0.25) is 0 Å². The highest BCUT2D eigenvalue weighted by Gasteiger charge is 2.53. The number of carbonyl (C=O) groups excluding carboxylic acids is 2. The van der Waals surface area contributed by atoms with Crippen LogP contribution < -0.4 is 5.32 Å². The number of carbonyl (C=O) groups is 2. The van der Waals surface area contributed by atoms with Gasteiger partial charge in [0, 0.05) is 5.02 Å². The van der Waals surface area contributed by atoms with Crippen molar-refractivity contribution in [2.24, 2.45) is 0 Å². The zero-order chi connectivity index (χ0) is 16.7. The van der Waals surface area contributed by atoms with E-state index in [2.05, 4.69) is 5.32 Å². The lowest BCUT2D eigenvalue weighted by Crippen LogP contribution is -2.46. The number of halogens is 1. The van der Waals surface area contributed by atoms with Crippen molar-refractivity contribution in [1.82, 2.24) is 10.2 Å². The molecule has 1 saturated heterocycles. The summed E-state index contributed by atoms with van der Waals surface area (Å²) in [5.41, 5.74) is 1.91. The Morgan fingerprint density at radius 1 is 1.08 bits per heavy atom. The van der Waals surface area contributed by atoms with Crippen LogP contribution in [-0.2, 0) is 23.3 Å². The van der Waals surface area contributed by atoms with Gasteiger partial charge in [-0.3, -0.25) is 9.69 Å². The molecule has 1 fully saturated rings. The van der Waals surface area contributed by atoms with E-state index in [1.165, 1.54) is 4.90 Å². The number of urea groups is 1. The van der Waals surface area contributed by atoms with Gasteiger partial charge in [-0.25, -0.2) is 4.79 Å². The topological polar surface area (TPSA) is 49.4 Å². The van der Waals surface area contributed by atoms with Crippen LogP contribution in [0.2, 0.25) is 5.02 Å². The first-order chi connectivity index (χ1) is 11.6. The molecule has 1 spiro atoms. The van der Waals surface area contributed by atoms with E-state index in [1.807, 2.05) is 42.5 Å². The van der Waals surface area contributed by atoms with E-state index in [1.54, 1.807) is 6.07 Å². The lowest BCUT2D eigenvalue weighted by molar-refractivity contribution is -0.132. The van der Waals surface area contributed by atoms with E-state index in [9.17, 15) is 9.59 Å². The fraction of sp³-hybridized carbons (Fsp3) is 0.263. The van der Waals surface area contributed by atoms with Crippen LogP contribution >= 0.6 is 11.6 Å². The fourth-order valence-corrected chi connectivity index (χ4v) is 3.95. The van der Waals surface area contributed by atoms with Crippen molar-refractivity contribution in [3.8, 4) is 0 Å². The molecule has 3 amide bonds. The Bertz CT molecular complexity index is 836. The molecular formula is C19H17ClN2O2. The van der Waals surface area contributed by atoms with Gasteiger partial charge in [0.25, 0.3) is 5.91 Å². The van der Waals surface area contributed by atoms with Crippen molar-refractivity contribution in [1.29, 1.82) is 0 Å². The van der Waals surface area contributed by atoms with Gasteiger partial charge in [0.1, 0.15) is 5.54 Å². The average molecular weight is 341 g/mol. The van der Waals surface area contributed by atoms with E-state index >= 15 is 0 Å². The molecule has 1 aliphatic carbocycles. The van der Waals surface area contributed by atoms with Crippen molar-refractivity contribution < 1.29 is 9.59 Å². The Hall–Kier alpha value is -2.33. The number of hydrogen-bond acceptors (Lipinski definition) is 2. The maximum Gasteiger partial charge on any atom is 0.325 e. The third kappa shape index (κ3) is 2.21. The number of nitrogens with zero attached hydrogens (tertiary/aromatic N) is 1. The molecular weight excluding hydrogens is 324 g/mol. The molecule has 1 aliphatic heterocycles. The monoisotopic (exact) mass is 340 g/mol. The Labute approximate surface area is 145 Å². The van der Waals surface area contributed by atoms with Crippen LogP contribution in [0.3, 0.4) is 0 Å². The SMILES string of the molecule is O=C1N[C@]2(CCCc3ccccc32)C(=O)N1Cc1ccccc1Cl. The van der Waals surface area contributed by atoms with Crippen LogP contribution in [0.4, 0.5) is 4.79 Å². The summed E-state index contributed by atoms with van der Waals surface area (Å²) >= 11 is 6.19. The van der Waals surface area contributed by atoms with Crippen LogP contribution in [0, 0.1) is 0 Å². The van der Waals surface area contributed by atoms with Crippen LogP contribution in [0.5, 0.6) is 0 Å². The Kier molecular flexibility index (Phi) is 3.57. The second kappa shape index (κ2) is 5.64. The minimum absolute atomic E-state index is 0.181. The lowest BCUT2D eigenvalue weighted by atomic mass is 9.76. The third-order valence-electron chi connectivity index (χ3n) is 4.94. The maximum absolute atomic E-state index is 13.2. The van der Waals surface area contributed by atoms with Gasteiger partial charge in [0.15, 0.2) is 0 Å². The second-order valence-electron chi connectivity index (χ2n) is 6.33. The van der Waals surface area contributed by atoms with Gasteiger partial charge < -0.3 is 5.32 Å². The molecule has 24 heavy (non-hydrogen) atoms. The van der Waals surface area contributed by atoms with E-state index in [0.29, 0.717) is 11.4 Å². The maximum atomic E-state index is 13.2. The van der Waals surface area contributed by atoms with Crippen molar-refractivity contribution in [3.05, 3.63) is 70.2 Å². The molecule has 2 aromatic carbocycles. The molecule has 1 heterocycles. The number of imide groups is 1. The van der Waals surface area contributed by atoms with Gasteiger partial charge in [-0.2, -0.15) is 0 Å². The summed E-state index contributed by atoms with van der Waals surface area (Å²) in [7, 11) is 0. The molecule has 2 aromatic rings. The molecule has 122 valence electrons. The van der Waals surface area contributed by atoms with E-state index in [0.717, 1.165) is 29.5 Å². The summed E-state index contributed by atoms with van der Waals surface area (Å²) in [6.07, 6.45) is 2.45. The minimum atomic E-state index is -0.923. The van der Waals surface area contributed by atoms with Gasteiger partial charge >= 0.3 is 6.03 Å². The number of benzene rings is 2. The van der Waals surface area contributed by atoms with Gasteiger partial charge in [-0.05, 0) is 42.0 Å². The highest BCUT2D eigenvalue weighted by molar-refractivity contribution is 6.31. The number of nitrogens with one attached hydrogen (secondary N) is 1. The van der Waals surface area contributed by atoms with Crippen LogP contribution in [-0.4, -0.2) is 16.8 Å². The Morgan fingerprint density at radius 2 is 1.83 bits per heavy atom. The van der Waals surface area contributed by atoms with Crippen molar-refractivity contribution >= 4 is 23.5 Å². The number of aryl methyl sites for hydroxylation is 1. The summed E-state index contributed by atoms with van der Waals surface area (Å²) in [5.74, 6) is -0.181. The smallest absolute Gasteiger partial charge is 0.319 e. The Balaban J connectivity index is 1.71. The quantitative estimate of drug-likeness (QED) is 0.849. The first-order valence-electron chi connectivity index (χ1n) is 8.08. The van der Waals surface area contributed by atoms with E-state index < -0.39 is 5.54 Å². The molecule has 1 atom stereocenters. The molecule has 0 aromatic heterocycles. The summed E-state index contributed by atoms with van der Waals surface area (Å²) in [6, 6.07) is 14.8. The largest absolute Gasteiger partial charge is 0.325 e. The molecule has 2 aliphatic rings. The highest BCUT2D eigenvalue weighted by atomic mass is 35.5. The van der Waals surface area contributed by atoms with Crippen LogP contribution in [0.25, 0.3) is 0 Å². The van der Waals surface area contributed by atoms with Crippen LogP contribution in [0.15, 0.2) is 48.5 Å². The van der Waals surface area contributed by atoms with Crippen molar-refractivity contribution in [2.45, 2.75) is 31.3 Å². The molecule has 1 N–H and O–H groups in total. The molecule has 0 bridgehead atoms. The van der Waals surface area contributed by atoms with E-state index in [4.69, 9.17) is 11.6 Å². The molecule has 0 unspecified atom stereocenters. The average Bonchev–Trinajstić information content (AvgIpc) is 2.82. The molecule has 0 radical (unpaired) electrons. The number of fused-ring (bicyclic) bond motifs is 2. The van der Waals surface area contributed by atoms with E-state index in [-0.39, 0.29) is 18.5 Å². The second-order valence-corrected chi connectivity index (χ2v) is 6.74. The zero-order valence-corrected chi connectivity index (χ0v) is 13.8. The standard InChI is InChI=1S/C19H17ClN2O2/c20-16-10-4-2-7-14(16)12-22-17(23)19(21-18(22)24)11-5-8-13-6-1-3-9-15(13)19/h1-4,6-7,9-10H,5,8,11-12H2,(H,21,24)/t19-/m0/s1. The summed E-state index contributed by atoms with van der Waals surface area (Å²) < 4.78 is 0. The highest BCUT2D eigenvalue weighted by Crippen LogP contribution is 2.40. The molecule has 0 saturated carbocycles. The van der Waals surface area contributed by atoms with Gasteiger partial charge in [0.05, 0.1) is 6.54 Å². The zero-order valence-electron chi connectivity index (χ0n) is 13.1. The van der Waals surface area contributed by atoms with Crippen LogP contribution in [0.1, 0.15) is 29.5 Å². The summed E-state index contributed by atoms with van der Waals surface area (Å²) in [4.78, 5) is 27.0. The summed E-state index contributed by atoms with van der Waals surface area (Å²) in [6.45, 7) is 0.189. The molecule has 4 nitrogen and oxygen atoms in total. The van der Waals surface area contributed by atoms with Gasteiger partial charge in [-0.1, -0.05) is 54.1 Å². The third-order valence-corrected chi connectivity index (χ3v) is 5.31. The number of rotatable bonds is 2. The first-order valence-corrected chi connectivity index (χ1v) is 8.45. The normalized spacial score (nSPS) is 22.6. The minimum Gasteiger partial charge on any atom is -0.319 e. The van der Waals surface area contributed by atoms with Crippen molar-refractivity contribution in [2.75, 3.05) is 0 Å². The van der Waals surface area contributed by atoms with Crippen molar-refractivity contribution in [3.63, 3.8) is 0 Å². The van der Waals surface area contributed by atoms with Gasteiger partial charge in [-0.15, -0.1) is 0 Å². The molecule has 5 heteroatoms. The first kappa shape index (κ1) is 15.2. The predicted octanol–water partition coefficient (Wildman–Crippen LogP) is 3.62. The number of amides is 3. The fourth-order valence-electron chi connectivity index (χ4n) is 3.75.